The van der Waals surface area contributed by atoms with Gasteiger partial charge < -0.3 is 51.7 Å². The highest BCUT2D eigenvalue weighted by Crippen LogP contribution is 2.37. The zero-order valence-electron chi connectivity index (χ0n) is 45.6. The number of unbranched alkanes of at least 4 members (excludes halogenated alkanes) is 5. The average Bonchev–Trinajstić information content (AvgIpc) is 3.99. The summed E-state index contributed by atoms with van der Waals surface area (Å²) in [4.78, 5) is 97.6. The molecule has 0 saturated carbocycles. The van der Waals surface area contributed by atoms with Gasteiger partial charge in [-0.3, -0.25) is 28.8 Å². The van der Waals surface area contributed by atoms with Gasteiger partial charge in [0.05, 0.1) is 48.3 Å². The lowest BCUT2D eigenvalue weighted by Crippen LogP contribution is -2.59. The number of likely N-dealkylation sites (N-methyl/N-ethyl adjacent to an activating group) is 1. The molecule has 2 aromatic carbocycles. The minimum Gasteiger partial charge on any atom is -0.467 e. The van der Waals surface area contributed by atoms with Crippen LogP contribution in [-0.2, 0) is 37.1 Å². The Balaban J connectivity index is 0.971. The van der Waals surface area contributed by atoms with Crippen molar-refractivity contribution in [3.63, 3.8) is 0 Å². The summed E-state index contributed by atoms with van der Waals surface area (Å²) in [5.74, 6) is -1.33. The fourth-order valence-corrected chi connectivity index (χ4v) is 9.69. The van der Waals surface area contributed by atoms with Gasteiger partial charge >= 0.3 is 5.82 Å². The number of ether oxygens (including phenoxy) is 1. The van der Waals surface area contributed by atoms with E-state index in [2.05, 4.69) is 46.5 Å². The van der Waals surface area contributed by atoms with Gasteiger partial charge in [-0.2, -0.15) is 4.68 Å². The number of amides is 6. The van der Waals surface area contributed by atoms with Crippen molar-refractivity contribution in [3.05, 3.63) is 94.1 Å². The monoisotopic (exact) mass is 1040 g/mol. The lowest BCUT2D eigenvalue weighted by molar-refractivity contribution is -0.144. The first kappa shape index (κ1) is 57.9. The van der Waals surface area contributed by atoms with E-state index in [1.54, 1.807) is 36.7 Å². The first-order valence-electron chi connectivity index (χ1n) is 26.6. The maximum Gasteiger partial charge on any atom is 0.305 e. The summed E-state index contributed by atoms with van der Waals surface area (Å²) in [6.45, 7) is 21.7. The molecule has 6 atom stereocenters. The third-order valence-corrected chi connectivity index (χ3v) is 14.2. The first-order valence-corrected chi connectivity index (χ1v) is 26.6. The van der Waals surface area contributed by atoms with Crippen molar-refractivity contribution in [2.45, 2.75) is 162 Å². The summed E-state index contributed by atoms with van der Waals surface area (Å²) in [5.41, 5.74) is 9.83. The molecular weight excluding hydrogens is 967 g/mol. The molecule has 2 aliphatic heterocycles. The van der Waals surface area contributed by atoms with Crippen LogP contribution in [0.3, 0.4) is 0 Å². The predicted molar refractivity (Wildman–Crippen MR) is 289 cm³/mol. The standard InChI is InChI=1S/C56H77N13O7/c1-11-41(37-21-17-16-18-22-37)63-52(73)43-30-38(32-68(43)55(75)48(56(5,6)7)65-51(72)35(3)58-8)62-46(71)24-20-15-13-12-14-19-23-45(70)60-27-28-69-44-33-67(10)54(74)39-26-25-34(2)29-40(39)36(4)76-53-49(57)61-31-42(64-53)47(44)50(59-9)66-69/h16-18,21-22,25-26,29,31,35-36,38,41,43,48,58H,11-15,19-20,23-24,27-28,30,32-33H2,1-8,10H3,(H2,57,61)(H,60,70)(H,62,71)(H,63,73)(H,65,72)/t35-,36+,38-,41+,43-,48+/m0/s1. The molecule has 20 nitrogen and oxygen atoms in total. The van der Waals surface area contributed by atoms with Gasteiger partial charge in [-0.1, -0.05) is 108 Å². The quantitative estimate of drug-likeness (QED) is 0.0401. The topological polar surface area (TPSA) is 252 Å². The summed E-state index contributed by atoms with van der Waals surface area (Å²) in [6, 6.07) is 12.2. The zero-order valence-corrected chi connectivity index (χ0v) is 45.6. The van der Waals surface area contributed by atoms with E-state index >= 15 is 0 Å². The number of fused-ring (bicyclic) bond motifs is 5. The van der Waals surface area contributed by atoms with Crippen molar-refractivity contribution in [2.75, 3.05) is 32.9 Å². The molecule has 6 rings (SSSR count). The van der Waals surface area contributed by atoms with E-state index in [1.165, 1.54) is 11.1 Å². The number of carbonyl (C=O) groups excluding carboxylic acids is 6. The lowest BCUT2D eigenvalue weighted by Gasteiger charge is -2.36. The molecule has 0 aliphatic carbocycles. The number of carbonyl (C=O) groups is 6. The predicted octanol–water partition coefficient (Wildman–Crippen LogP) is 6.24. The second-order valence-corrected chi connectivity index (χ2v) is 21.1. The summed E-state index contributed by atoms with van der Waals surface area (Å²) in [6.07, 6.45) is 7.13. The number of likely N-dealkylation sites (tertiary alicyclic amines) is 1. The largest absolute Gasteiger partial charge is 0.467 e. The van der Waals surface area contributed by atoms with E-state index in [0.717, 1.165) is 36.8 Å². The van der Waals surface area contributed by atoms with Crippen LogP contribution in [-0.4, -0.2) is 116 Å². The van der Waals surface area contributed by atoms with E-state index in [0.29, 0.717) is 53.8 Å². The first-order chi connectivity index (χ1) is 36.2. The highest BCUT2D eigenvalue weighted by Gasteiger charge is 2.46. The van der Waals surface area contributed by atoms with Crippen LogP contribution >= 0.6 is 0 Å². The number of rotatable bonds is 21. The van der Waals surface area contributed by atoms with Crippen LogP contribution in [0.1, 0.15) is 151 Å². The highest BCUT2D eigenvalue weighted by molar-refractivity contribution is 5.96. The van der Waals surface area contributed by atoms with Gasteiger partial charge in [-0.05, 0) is 75.6 Å². The number of hydrogen-bond donors (Lipinski definition) is 6. The van der Waals surface area contributed by atoms with Crippen LogP contribution in [0.5, 0.6) is 5.88 Å². The van der Waals surface area contributed by atoms with Crippen molar-refractivity contribution >= 4 is 47.1 Å². The van der Waals surface area contributed by atoms with Gasteiger partial charge in [0.1, 0.15) is 18.2 Å². The number of aryl methyl sites for hydroxylation is 1. The molecule has 0 unspecified atom stereocenters. The van der Waals surface area contributed by atoms with E-state index in [9.17, 15) is 28.8 Å². The van der Waals surface area contributed by atoms with Crippen LogP contribution in [0.15, 0.2) is 54.7 Å². The number of aromatic nitrogens is 4. The minimum atomic E-state index is -0.917. The number of nitrogens with zero attached hydrogens (tertiary/aromatic N) is 7. The van der Waals surface area contributed by atoms with Gasteiger partial charge in [-0.25, -0.2) is 9.97 Å². The van der Waals surface area contributed by atoms with Crippen LogP contribution in [0.2, 0.25) is 0 Å². The fourth-order valence-electron chi connectivity index (χ4n) is 9.69. The number of hydrogen-bond acceptors (Lipinski definition) is 12. The number of nitrogens with two attached hydrogens (primary N) is 1. The van der Waals surface area contributed by atoms with E-state index in [-0.39, 0.29) is 98.0 Å². The Morgan fingerprint density at radius 1 is 0.974 bits per heavy atom. The number of nitrogens with one attached hydrogen (secondary N) is 5. The summed E-state index contributed by atoms with van der Waals surface area (Å²) in [7, 11) is 3.36. The van der Waals surface area contributed by atoms with Crippen molar-refractivity contribution in [2.24, 2.45) is 5.41 Å². The Hall–Kier alpha value is -7.40. The third kappa shape index (κ3) is 14.7. The highest BCUT2D eigenvalue weighted by atomic mass is 16.5. The van der Waals surface area contributed by atoms with Crippen LogP contribution in [0.25, 0.3) is 16.1 Å². The summed E-state index contributed by atoms with van der Waals surface area (Å²) in [5, 5.41) is 19.6. The van der Waals surface area contributed by atoms with Crippen molar-refractivity contribution < 1.29 is 33.5 Å². The van der Waals surface area contributed by atoms with Gasteiger partial charge in [-0.15, -0.1) is 0 Å². The zero-order chi connectivity index (χ0) is 55.3. The SMILES string of the molecule is [C-]#[N+]c1nn(CCNC(=O)CCCCCCCCC(=O)N[C@H]2C[C@@H](C(=O)N[C@H](CC)c3ccccc3)N(C(=O)[C@@H](NC(=O)[C@H](C)NC)C(C)(C)C)C2)c2c1-c1cnc(N)c(n1)O[C@H](C)c1cc(C)ccc1C(=O)N(C)C2. The molecule has 1 saturated heterocycles. The Labute approximate surface area is 446 Å². The Morgan fingerprint density at radius 3 is 2.32 bits per heavy atom. The molecule has 4 aromatic rings. The van der Waals surface area contributed by atoms with Gasteiger partial charge in [0.15, 0.2) is 5.82 Å². The van der Waals surface area contributed by atoms with Gasteiger partial charge in [0.2, 0.25) is 29.5 Å². The normalized spacial score (nSPS) is 17.6. The number of anilines is 1. The maximum absolute atomic E-state index is 14.4. The van der Waals surface area contributed by atoms with Crippen LogP contribution in [0.4, 0.5) is 11.6 Å². The Morgan fingerprint density at radius 2 is 1.66 bits per heavy atom. The lowest BCUT2D eigenvalue weighted by atomic mass is 9.85. The molecule has 2 aliphatic rings. The molecule has 20 heteroatoms. The molecule has 76 heavy (non-hydrogen) atoms. The van der Waals surface area contributed by atoms with E-state index in [1.807, 2.05) is 84.0 Å². The molecule has 0 spiro atoms. The van der Waals surface area contributed by atoms with Gasteiger partial charge in [0, 0.05) is 50.1 Å². The maximum atomic E-state index is 14.4. The van der Waals surface area contributed by atoms with E-state index < -0.39 is 35.7 Å². The summed E-state index contributed by atoms with van der Waals surface area (Å²) < 4.78 is 7.83. The fraction of sp³-hybridized carbons (Fsp3) is 0.536. The van der Waals surface area contributed by atoms with Crippen LogP contribution in [0, 0.1) is 18.9 Å². The second kappa shape index (κ2) is 26.4. The number of benzene rings is 2. The molecule has 408 valence electrons. The average molecular weight is 1040 g/mol. The van der Waals surface area contributed by atoms with Crippen LogP contribution < -0.4 is 37.1 Å². The molecule has 4 heterocycles. The molecule has 7 N–H and O–H groups in total. The van der Waals surface area contributed by atoms with Crippen molar-refractivity contribution in [1.29, 1.82) is 0 Å². The molecular formula is C56H77N13O7. The minimum absolute atomic E-state index is 0.0646. The molecule has 0 radical (unpaired) electrons. The summed E-state index contributed by atoms with van der Waals surface area (Å²) >= 11 is 0. The molecule has 2 bridgehead atoms. The van der Waals surface area contributed by atoms with Crippen molar-refractivity contribution in [3.8, 4) is 17.1 Å². The molecule has 2 aromatic heterocycles. The van der Waals surface area contributed by atoms with E-state index in [4.69, 9.17) is 17.0 Å². The third-order valence-electron chi connectivity index (χ3n) is 14.2. The van der Waals surface area contributed by atoms with Crippen molar-refractivity contribution in [1.82, 2.24) is 56.1 Å². The molecule has 6 amide bonds. The number of nitrogen functional groups attached to an aromatic ring is 1. The second-order valence-electron chi connectivity index (χ2n) is 21.1. The van der Waals surface area contributed by atoms with Gasteiger partial charge in [0.25, 0.3) is 11.8 Å². The smallest absolute Gasteiger partial charge is 0.305 e. The Bertz CT molecular complexity index is 2750. The Kier molecular flexibility index (Phi) is 20.1. The molecule has 1 fully saturated rings.